The fourth-order valence-electron chi connectivity index (χ4n) is 1.40. The quantitative estimate of drug-likeness (QED) is 0.582. The van der Waals surface area contributed by atoms with E-state index in [9.17, 15) is 5.11 Å². The van der Waals surface area contributed by atoms with Crippen LogP contribution >= 0.6 is 0 Å². The van der Waals surface area contributed by atoms with Crippen LogP contribution in [0.4, 0.5) is 0 Å². The summed E-state index contributed by atoms with van der Waals surface area (Å²) in [5.74, 6) is 0.605. The lowest BCUT2D eigenvalue weighted by Gasteiger charge is -2.35. The van der Waals surface area contributed by atoms with Crippen LogP contribution in [0.5, 0.6) is 0 Å². The molecule has 0 saturated carbocycles. The fourth-order valence-corrected chi connectivity index (χ4v) is 1.40. The lowest BCUT2D eigenvalue weighted by Crippen LogP contribution is -2.40. The van der Waals surface area contributed by atoms with Crippen molar-refractivity contribution in [3.63, 3.8) is 0 Å². The van der Waals surface area contributed by atoms with Crippen molar-refractivity contribution < 1.29 is 14.9 Å². The van der Waals surface area contributed by atoms with Crippen LogP contribution in [0.15, 0.2) is 0 Å². The van der Waals surface area contributed by atoms with Crippen molar-refractivity contribution >= 4 is 0 Å². The van der Waals surface area contributed by atoms with Crippen molar-refractivity contribution in [2.24, 2.45) is 11.8 Å². The van der Waals surface area contributed by atoms with Gasteiger partial charge >= 0.3 is 0 Å². The summed E-state index contributed by atoms with van der Waals surface area (Å²) in [4.78, 5) is 0. The van der Waals surface area contributed by atoms with Gasteiger partial charge in [-0.15, -0.1) is 0 Å². The van der Waals surface area contributed by atoms with Gasteiger partial charge in [0.1, 0.15) is 0 Å². The van der Waals surface area contributed by atoms with E-state index in [2.05, 4.69) is 6.92 Å². The van der Waals surface area contributed by atoms with Crippen molar-refractivity contribution in [2.45, 2.75) is 32.7 Å². The molecule has 0 radical (unpaired) electrons. The van der Waals surface area contributed by atoms with Gasteiger partial charge in [0.2, 0.25) is 0 Å². The highest BCUT2D eigenvalue weighted by Crippen LogP contribution is 2.28. The third kappa shape index (κ3) is 1.92. The van der Waals surface area contributed by atoms with Gasteiger partial charge in [0.25, 0.3) is 0 Å². The highest BCUT2D eigenvalue weighted by atomic mass is 16.6. The number of rotatable bonds is 1. The van der Waals surface area contributed by atoms with E-state index in [-0.39, 0.29) is 18.6 Å². The minimum atomic E-state index is -0.698. The third-order valence-electron chi connectivity index (χ3n) is 2.52. The van der Waals surface area contributed by atoms with E-state index in [1.54, 1.807) is 0 Å². The highest BCUT2D eigenvalue weighted by molar-refractivity contribution is 4.75. The van der Waals surface area contributed by atoms with Gasteiger partial charge in [0.15, 0.2) is 6.29 Å². The van der Waals surface area contributed by atoms with E-state index in [4.69, 9.17) is 9.84 Å². The molecule has 0 aromatic carbocycles. The van der Waals surface area contributed by atoms with Crippen molar-refractivity contribution in [3.8, 4) is 0 Å². The molecule has 66 valence electrons. The molecule has 11 heavy (non-hydrogen) atoms. The number of aliphatic hydroxyl groups excluding tert-OH is 2. The van der Waals surface area contributed by atoms with Crippen LogP contribution in [0, 0.1) is 11.8 Å². The minimum Gasteiger partial charge on any atom is -0.394 e. The van der Waals surface area contributed by atoms with Crippen LogP contribution in [-0.2, 0) is 4.74 Å². The molecule has 0 aromatic heterocycles. The largest absolute Gasteiger partial charge is 0.394 e. The summed E-state index contributed by atoms with van der Waals surface area (Å²) >= 11 is 0. The van der Waals surface area contributed by atoms with E-state index in [1.807, 2.05) is 6.92 Å². The molecule has 1 aliphatic rings. The van der Waals surface area contributed by atoms with Gasteiger partial charge in [-0.3, -0.25) is 0 Å². The van der Waals surface area contributed by atoms with E-state index < -0.39 is 6.29 Å². The smallest absolute Gasteiger partial charge is 0.157 e. The maximum atomic E-state index is 9.32. The van der Waals surface area contributed by atoms with Crippen LogP contribution in [0.25, 0.3) is 0 Å². The number of hydrogen-bond acceptors (Lipinski definition) is 3. The number of ether oxygens (including phenoxy) is 1. The second-order valence-corrected chi connectivity index (χ2v) is 3.40. The third-order valence-corrected chi connectivity index (χ3v) is 2.52. The molecule has 2 N–H and O–H groups in total. The zero-order valence-electron chi connectivity index (χ0n) is 7.03. The zero-order chi connectivity index (χ0) is 8.43. The Morgan fingerprint density at radius 3 is 2.55 bits per heavy atom. The molecule has 0 amide bonds. The molecule has 1 fully saturated rings. The van der Waals surface area contributed by atoms with E-state index >= 15 is 0 Å². The molecular weight excluding hydrogens is 144 g/mol. The average molecular weight is 160 g/mol. The summed E-state index contributed by atoms with van der Waals surface area (Å²) in [5, 5.41) is 18.1. The predicted octanol–water partition coefficient (Wildman–Crippen LogP) is 0.358. The van der Waals surface area contributed by atoms with Gasteiger partial charge in [0.05, 0.1) is 12.7 Å². The first-order chi connectivity index (χ1) is 5.15. The van der Waals surface area contributed by atoms with Crippen LogP contribution in [0.2, 0.25) is 0 Å². The lowest BCUT2D eigenvalue weighted by atomic mass is 9.87. The van der Waals surface area contributed by atoms with E-state index in [0.29, 0.717) is 5.92 Å². The Morgan fingerprint density at radius 1 is 1.45 bits per heavy atom. The molecule has 3 heteroatoms. The first-order valence-corrected chi connectivity index (χ1v) is 4.09. The van der Waals surface area contributed by atoms with Crippen molar-refractivity contribution in [2.75, 3.05) is 6.61 Å². The Labute approximate surface area is 67.0 Å². The van der Waals surface area contributed by atoms with E-state index in [0.717, 1.165) is 6.42 Å². The molecule has 0 bridgehead atoms. The summed E-state index contributed by atoms with van der Waals surface area (Å²) < 4.78 is 5.12. The predicted molar refractivity (Wildman–Crippen MR) is 40.9 cm³/mol. The first kappa shape index (κ1) is 8.97. The Morgan fingerprint density at radius 2 is 2.09 bits per heavy atom. The van der Waals surface area contributed by atoms with Gasteiger partial charge in [0, 0.05) is 5.92 Å². The fraction of sp³-hybridized carbons (Fsp3) is 1.00. The maximum absolute atomic E-state index is 9.32. The molecule has 1 heterocycles. The first-order valence-electron chi connectivity index (χ1n) is 4.09. The second-order valence-electron chi connectivity index (χ2n) is 3.40. The Bertz CT molecular complexity index is 115. The minimum absolute atomic E-state index is 0.00806. The highest BCUT2D eigenvalue weighted by Gasteiger charge is 2.31. The Balaban J connectivity index is 2.47. The Kier molecular flexibility index (Phi) is 2.87. The molecule has 1 rings (SSSR count). The van der Waals surface area contributed by atoms with Gasteiger partial charge in [-0.05, 0) is 12.3 Å². The van der Waals surface area contributed by atoms with E-state index in [1.165, 1.54) is 0 Å². The van der Waals surface area contributed by atoms with Crippen molar-refractivity contribution in [1.82, 2.24) is 0 Å². The Hall–Kier alpha value is -0.120. The van der Waals surface area contributed by atoms with Gasteiger partial charge < -0.3 is 14.9 Å². The van der Waals surface area contributed by atoms with Crippen LogP contribution in [-0.4, -0.2) is 29.2 Å². The summed E-state index contributed by atoms with van der Waals surface area (Å²) in [6, 6.07) is 0. The monoisotopic (exact) mass is 160 g/mol. The summed E-state index contributed by atoms with van der Waals surface area (Å²) in [5.41, 5.74) is 0. The average Bonchev–Trinajstić information content (AvgIpc) is 1.99. The molecule has 1 aliphatic heterocycles. The van der Waals surface area contributed by atoms with Crippen LogP contribution in [0.1, 0.15) is 20.3 Å². The molecule has 0 aliphatic carbocycles. The normalized spacial score (nSPS) is 45.8. The lowest BCUT2D eigenvalue weighted by molar-refractivity contribution is -0.212. The standard InChI is InChI=1S/C8H16O3/c1-5-3-7(4-9)11-8(10)6(5)2/h5-10H,3-4H2,1-2H3/t5-,6-,7-,8?/m0/s1. The van der Waals surface area contributed by atoms with Crippen molar-refractivity contribution in [1.29, 1.82) is 0 Å². The number of hydrogen-bond donors (Lipinski definition) is 2. The molecular formula is C8H16O3. The molecule has 1 saturated heterocycles. The SMILES string of the molecule is C[C@@H]1C(O)O[C@H](CO)C[C@@H]1C. The topological polar surface area (TPSA) is 49.7 Å². The van der Waals surface area contributed by atoms with Crippen LogP contribution in [0.3, 0.4) is 0 Å². The molecule has 0 spiro atoms. The van der Waals surface area contributed by atoms with Crippen LogP contribution < -0.4 is 0 Å². The molecule has 1 unspecified atom stereocenters. The van der Waals surface area contributed by atoms with Gasteiger partial charge in [-0.1, -0.05) is 13.8 Å². The van der Waals surface area contributed by atoms with Gasteiger partial charge in [-0.2, -0.15) is 0 Å². The molecule has 4 atom stereocenters. The number of aliphatic hydroxyl groups is 2. The molecule has 3 nitrogen and oxygen atoms in total. The zero-order valence-corrected chi connectivity index (χ0v) is 7.03. The second kappa shape index (κ2) is 3.52. The maximum Gasteiger partial charge on any atom is 0.157 e. The summed E-state index contributed by atoms with van der Waals surface area (Å²) in [6.45, 7) is 4.04. The van der Waals surface area contributed by atoms with Crippen molar-refractivity contribution in [3.05, 3.63) is 0 Å². The molecule has 0 aromatic rings. The summed E-state index contributed by atoms with van der Waals surface area (Å²) in [6.07, 6.45) is -0.0264. The van der Waals surface area contributed by atoms with Gasteiger partial charge in [-0.25, -0.2) is 0 Å². The summed E-state index contributed by atoms with van der Waals surface area (Å²) in [7, 11) is 0.